The molecule has 2 aromatic rings. The maximum Gasteiger partial charge on any atom is 0.229 e. The Balaban J connectivity index is 1.70. The lowest BCUT2D eigenvalue weighted by molar-refractivity contribution is -0.122. The van der Waals surface area contributed by atoms with Crippen molar-refractivity contribution in [2.45, 2.75) is 18.2 Å². The lowest BCUT2D eigenvalue weighted by Gasteiger charge is -2.17. The number of nitrogens with one attached hydrogen (secondary N) is 2. The van der Waals surface area contributed by atoms with E-state index in [1.807, 2.05) is 30.5 Å². The van der Waals surface area contributed by atoms with Crippen LogP contribution in [0.25, 0.3) is 0 Å². The quantitative estimate of drug-likeness (QED) is 0.683. The van der Waals surface area contributed by atoms with Crippen LogP contribution in [0.1, 0.15) is 12.0 Å². The zero-order chi connectivity index (χ0) is 21.2. The van der Waals surface area contributed by atoms with Crippen molar-refractivity contribution in [2.75, 3.05) is 34.0 Å². The van der Waals surface area contributed by atoms with Crippen LogP contribution in [0.15, 0.2) is 47.4 Å². The van der Waals surface area contributed by atoms with Crippen molar-refractivity contribution in [3.63, 3.8) is 0 Å². The average molecular weight is 434 g/mol. The van der Waals surface area contributed by atoms with E-state index in [9.17, 15) is 18.0 Å². The summed E-state index contributed by atoms with van der Waals surface area (Å²) in [7, 11) is -3.43. The van der Waals surface area contributed by atoms with Crippen molar-refractivity contribution in [1.82, 2.24) is 0 Å². The molecular weight excluding hydrogens is 410 g/mol. The van der Waals surface area contributed by atoms with Gasteiger partial charge in [-0.25, -0.2) is 8.42 Å². The van der Waals surface area contributed by atoms with Gasteiger partial charge in [-0.3, -0.25) is 14.3 Å². The Morgan fingerprint density at radius 3 is 2.48 bits per heavy atom. The van der Waals surface area contributed by atoms with Gasteiger partial charge in [-0.1, -0.05) is 6.07 Å². The summed E-state index contributed by atoms with van der Waals surface area (Å²) in [6.45, 7) is 2.08. The minimum atomic E-state index is -3.43. The highest BCUT2D eigenvalue weighted by molar-refractivity contribution is 7.98. The summed E-state index contributed by atoms with van der Waals surface area (Å²) in [5, 5.41) is 2.79. The molecule has 1 aliphatic rings. The monoisotopic (exact) mass is 433 g/mol. The first-order valence-electron chi connectivity index (χ1n) is 9.00. The minimum Gasteiger partial charge on any atom is -0.326 e. The molecule has 3 rings (SSSR count). The summed E-state index contributed by atoms with van der Waals surface area (Å²) in [4.78, 5) is 27.8. The Labute approximate surface area is 174 Å². The van der Waals surface area contributed by atoms with Crippen LogP contribution in [0.2, 0.25) is 0 Å². The van der Waals surface area contributed by atoms with Crippen molar-refractivity contribution < 1.29 is 18.0 Å². The molecule has 0 spiro atoms. The number of anilines is 3. The van der Waals surface area contributed by atoms with Crippen LogP contribution >= 0.6 is 11.8 Å². The molecule has 1 fully saturated rings. The van der Waals surface area contributed by atoms with E-state index in [4.69, 9.17) is 0 Å². The van der Waals surface area contributed by atoms with Crippen LogP contribution in [0.4, 0.5) is 17.1 Å². The highest BCUT2D eigenvalue weighted by Crippen LogP contribution is 2.28. The van der Waals surface area contributed by atoms with E-state index >= 15 is 0 Å². The molecule has 0 aromatic heterocycles. The molecule has 2 N–H and O–H groups in total. The van der Waals surface area contributed by atoms with Gasteiger partial charge < -0.3 is 10.2 Å². The van der Waals surface area contributed by atoms with Crippen molar-refractivity contribution in [3.8, 4) is 0 Å². The highest BCUT2D eigenvalue weighted by atomic mass is 32.2. The number of rotatable bonds is 6. The average Bonchev–Trinajstić information content (AvgIpc) is 3.05. The smallest absolute Gasteiger partial charge is 0.229 e. The Morgan fingerprint density at radius 2 is 1.86 bits per heavy atom. The molecule has 0 aliphatic carbocycles. The second kappa shape index (κ2) is 8.46. The molecule has 0 saturated carbocycles. The van der Waals surface area contributed by atoms with Crippen LogP contribution < -0.4 is 14.9 Å². The van der Waals surface area contributed by atoms with E-state index in [1.54, 1.807) is 41.8 Å². The fourth-order valence-electron chi connectivity index (χ4n) is 3.15. The van der Waals surface area contributed by atoms with E-state index in [1.165, 1.54) is 0 Å². The van der Waals surface area contributed by atoms with Gasteiger partial charge in [0.1, 0.15) is 0 Å². The number of nitrogens with zero attached hydrogens (tertiary/aromatic N) is 1. The Hall–Kier alpha value is -2.52. The molecule has 2 aromatic carbocycles. The number of amides is 2. The molecule has 0 radical (unpaired) electrons. The van der Waals surface area contributed by atoms with Crippen molar-refractivity contribution in [1.29, 1.82) is 0 Å². The first-order valence-corrected chi connectivity index (χ1v) is 12.1. The predicted octanol–water partition coefficient (Wildman–Crippen LogP) is 3.08. The SMILES string of the molecule is CSc1ccc(N2CC(C(=O)Nc3ccc(C)c(NS(C)(=O)=O)c3)CC2=O)cc1. The first kappa shape index (κ1) is 21.2. The second-order valence-corrected chi connectivity index (χ2v) is 9.62. The largest absolute Gasteiger partial charge is 0.326 e. The summed E-state index contributed by atoms with van der Waals surface area (Å²) < 4.78 is 25.4. The molecule has 2 amide bonds. The number of hydrogen-bond acceptors (Lipinski definition) is 5. The third kappa shape index (κ3) is 5.30. The summed E-state index contributed by atoms with van der Waals surface area (Å²) in [5.41, 5.74) is 2.40. The van der Waals surface area contributed by atoms with Crippen LogP contribution in [-0.2, 0) is 19.6 Å². The first-order chi connectivity index (χ1) is 13.7. The van der Waals surface area contributed by atoms with Gasteiger partial charge in [-0.05, 0) is 55.1 Å². The van der Waals surface area contributed by atoms with E-state index in [0.29, 0.717) is 17.9 Å². The number of carbonyl (C=O) groups excluding carboxylic acids is 2. The molecule has 1 saturated heterocycles. The molecular formula is C20H23N3O4S2. The van der Waals surface area contributed by atoms with Gasteiger partial charge in [0.25, 0.3) is 0 Å². The van der Waals surface area contributed by atoms with E-state index in [2.05, 4.69) is 10.0 Å². The molecule has 1 unspecified atom stereocenters. The molecule has 1 atom stereocenters. The van der Waals surface area contributed by atoms with Gasteiger partial charge in [-0.2, -0.15) is 0 Å². The summed E-state index contributed by atoms with van der Waals surface area (Å²) in [6.07, 6.45) is 3.19. The van der Waals surface area contributed by atoms with Gasteiger partial charge in [0.2, 0.25) is 21.8 Å². The zero-order valence-corrected chi connectivity index (χ0v) is 18.1. The van der Waals surface area contributed by atoms with Crippen molar-refractivity contribution in [3.05, 3.63) is 48.0 Å². The standard InChI is InChI=1S/C20H23N3O4S2/c1-13-4-5-15(11-18(13)22-29(3,26)27)21-20(25)14-10-19(24)23(12-14)16-6-8-17(28-2)9-7-16/h4-9,11,14,22H,10,12H2,1-3H3,(H,21,25). The van der Waals surface area contributed by atoms with Gasteiger partial charge in [0.05, 0.1) is 17.9 Å². The molecule has 1 heterocycles. The molecule has 7 nitrogen and oxygen atoms in total. The molecule has 154 valence electrons. The maximum absolute atomic E-state index is 12.7. The topological polar surface area (TPSA) is 95.6 Å². The lowest BCUT2D eigenvalue weighted by atomic mass is 10.1. The summed E-state index contributed by atoms with van der Waals surface area (Å²) >= 11 is 1.62. The van der Waals surface area contributed by atoms with Crippen LogP contribution in [0.3, 0.4) is 0 Å². The Kier molecular flexibility index (Phi) is 6.18. The number of carbonyl (C=O) groups is 2. The Morgan fingerprint density at radius 1 is 1.17 bits per heavy atom. The van der Waals surface area contributed by atoms with Gasteiger partial charge in [-0.15, -0.1) is 11.8 Å². The molecule has 29 heavy (non-hydrogen) atoms. The van der Waals surface area contributed by atoms with Crippen molar-refractivity contribution in [2.24, 2.45) is 5.92 Å². The third-order valence-electron chi connectivity index (χ3n) is 4.68. The lowest BCUT2D eigenvalue weighted by Crippen LogP contribution is -2.28. The Bertz CT molecular complexity index is 1040. The number of aryl methyl sites for hydroxylation is 1. The third-order valence-corrected chi connectivity index (χ3v) is 6.01. The summed E-state index contributed by atoms with van der Waals surface area (Å²) in [5.74, 6) is -0.837. The highest BCUT2D eigenvalue weighted by Gasteiger charge is 2.35. The van der Waals surface area contributed by atoms with Crippen LogP contribution in [0.5, 0.6) is 0 Å². The number of sulfonamides is 1. The number of thioether (sulfide) groups is 1. The van der Waals surface area contributed by atoms with Crippen molar-refractivity contribution >= 4 is 50.7 Å². The van der Waals surface area contributed by atoms with Gasteiger partial charge >= 0.3 is 0 Å². The number of benzene rings is 2. The molecule has 1 aliphatic heterocycles. The minimum absolute atomic E-state index is 0.0922. The normalized spacial score (nSPS) is 16.7. The van der Waals surface area contributed by atoms with E-state index in [0.717, 1.165) is 22.4 Å². The van der Waals surface area contributed by atoms with Gasteiger partial charge in [0, 0.05) is 29.2 Å². The maximum atomic E-state index is 12.7. The van der Waals surface area contributed by atoms with Crippen LogP contribution in [-0.4, -0.2) is 39.3 Å². The van der Waals surface area contributed by atoms with E-state index in [-0.39, 0.29) is 18.2 Å². The predicted molar refractivity (Wildman–Crippen MR) is 117 cm³/mol. The fourth-order valence-corrected chi connectivity index (χ4v) is 4.18. The second-order valence-electron chi connectivity index (χ2n) is 7.00. The van der Waals surface area contributed by atoms with E-state index < -0.39 is 15.9 Å². The van der Waals surface area contributed by atoms with Crippen LogP contribution in [0, 0.1) is 12.8 Å². The zero-order valence-electron chi connectivity index (χ0n) is 16.4. The fraction of sp³-hybridized carbons (Fsp3) is 0.300. The molecule has 9 heteroatoms. The van der Waals surface area contributed by atoms with Gasteiger partial charge in [0.15, 0.2) is 0 Å². The number of hydrogen-bond donors (Lipinski definition) is 2. The summed E-state index contributed by atoms with van der Waals surface area (Å²) in [6, 6.07) is 12.7. The molecule has 0 bridgehead atoms.